The van der Waals surface area contributed by atoms with Crippen LogP contribution >= 0.6 is 0 Å². The number of nitrogens with one attached hydrogen (secondary N) is 2. The summed E-state index contributed by atoms with van der Waals surface area (Å²) in [6, 6.07) is -0.0953. The minimum atomic E-state index is -0.0953. The van der Waals surface area contributed by atoms with Crippen molar-refractivity contribution in [2.45, 2.75) is 40.2 Å². The van der Waals surface area contributed by atoms with E-state index in [4.69, 9.17) is 0 Å². The highest BCUT2D eigenvalue weighted by Crippen LogP contribution is 1.87. The fourth-order valence-corrected chi connectivity index (χ4v) is 1.47. The van der Waals surface area contributed by atoms with Gasteiger partial charge in [-0.2, -0.15) is 0 Å². The normalized spacial score (nSPS) is 12.8. The minimum Gasteiger partial charge on any atom is -0.355 e. The molecule has 4 heteroatoms. The summed E-state index contributed by atoms with van der Waals surface area (Å²) in [7, 11) is 0. The Bertz CT molecular complexity index is 181. The topological polar surface area (TPSA) is 44.4 Å². The van der Waals surface area contributed by atoms with Crippen molar-refractivity contribution in [1.82, 2.24) is 15.5 Å². The third kappa shape index (κ3) is 6.80. The first-order valence-electron chi connectivity index (χ1n) is 6.39. The van der Waals surface area contributed by atoms with Gasteiger partial charge < -0.3 is 15.5 Å². The van der Waals surface area contributed by atoms with Crippen molar-refractivity contribution in [3.05, 3.63) is 0 Å². The van der Waals surface area contributed by atoms with Crippen molar-refractivity contribution in [2.24, 2.45) is 0 Å². The predicted octanol–water partition coefficient (Wildman–Crippen LogP) is 0.833. The Morgan fingerprint density at radius 3 is 2.31 bits per heavy atom. The molecule has 0 heterocycles. The number of likely N-dealkylation sites (N-methyl/N-ethyl adjacent to an activating group) is 1. The summed E-state index contributed by atoms with van der Waals surface area (Å²) >= 11 is 0. The Balaban J connectivity index is 3.63. The fourth-order valence-electron chi connectivity index (χ4n) is 1.47. The van der Waals surface area contributed by atoms with E-state index in [1.807, 2.05) is 6.92 Å². The molecule has 0 aliphatic rings. The van der Waals surface area contributed by atoms with Crippen molar-refractivity contribution >= 4 is 5.91 Å². The van der Waals surface area contributed by atoms with Gasteiger partial charge in [0, 0.05) is 19.6 Å². The van der Waals surface area contributed by atoms with Crippen LogP contribution < -0.4 is 10.6 Å². The summed E-state index contributed by atoms with van der Waals surface area (Å²) in [6.07, 6.45) is 0.984. The standard InChI is InChI=1S/C12H27N3O/c1-5-8-14-12(16)11(4)13-9-10-15(6-2)7-3/h11,13H,5-10H2,1-4H3,(H,14,16). The van der Waals surface area contributed by atoms with Gasteiger partial charge >= 0.3 is 0 Å². The number of hydrogen-bond donors (Lipinski definition) is 2. The van der Waals surface area contributed by atoms with Gasteiger partial charge in [0.25, 0.3) is 0 Å². The van der Waals surface area contributed by atoms with E-state index < -0.39 is 0 Å². The maximum Gasteiger partial charge on any atom is 0.236 e. The zero-order chi connectivity index (χ0) is 12.4. The van der Waals surface area contributed by atoms with Crippen LogP contribution in [0.5, 0.6) is 0 Å². The van der Waals surface area contributed by atoms with Gasteiger partial charge in [-0.1, -0.05) is 20.8 Å². The second-order valence-electron chi connectivity index (χ2n) is 3.99. The van der Waals surface area contributed by atoms with E-state index in [0.29, 0.717) is 0 Å². The largest absolute Gasteiger partial charge is 0.355 e. The smallest absolute Gasteiger partial charge is 0.236 e. The maximum absolute atomic E-state index is 11.5. The van der Waals surface area contributed by atoms with E-state index in [9.17, 15) is 4.79 Å². The zero-order valence-electron chi connectivity index (χ0n) is 11.2. The molecule has 16 heavy (non-hydrogen) atoms. The molecule has 0 aromatic carbocycles. The molecule has 0 rings (SSSR count). The quantitative estimate of drug-likeness (QED) is 0.615. The fraction of sp³-hybridized carbons (Fsp3) is 0.917. The second-order valence-corrected chi connectivity index (χ2v) is 3.99. The van der Waals surface area contributed by atoms with Gasteiger partial charge in [0.05, 0.1) is 6.04 Å². The third-order valence-electron chi connectivity index (χ3n) is 2.72. The van der Waals surface area contributed by atoms with Crippen LogP contribution in [0.1, 0.15) is 34.1 Å². The van der Waals surface area contributed by atoms with Gasteiger partial charge in [0.2, 0.25) is 5.91 Å². The lowest BCUT2D eigenvalue weighted by Crippen LogP contribution is -2.45. The molecule has 0 radical (unpaired) electrons. The van der Waals surface area contributed by atoms with Crippen molar-refractivity contribution in [3.63, 3.8) is 0 Å². The lowest BCUT2D eigenvalue weighted by atomic mass is 10.3. The van der Waals surface area contributed by atoms with Crippen LogP contribution in [-0.2, 0) is 4.79 Å². The summed E-state index contributed by atoms with van der Waals surface area (Å²) in [5, 5.41) is 6.12. The van der Waals surface area contributed by atoms with E-state index in [2.05, 4.69) is 36.3 Å². The average molecular weight is 229 g/mol. The highest BCUT2D eigenvalue weighted by atomic mass is 16.2. The molecule has 1 atom stereocenters. The van der Waals surface area contributed by atoms with Crippen LogP contribution in [0.3, 0.4) is 0 Å². The first kappa shape index (κ1) is 15.4. The summed E-state index contributed by atoms with van der Waals surface area (Å²) < 4.78 is 0. The molecule has 0 saturated heterocycles. The summed E-state index contributed by atoms with van der Waals surface area (Å²) in [5.41, 5.74) is 0. The van der Waals surface area contributed by atoms with Crippen LogP contribution in [0.2, 0.25) is 0 Å². The molecule has 1 unspecified atom stereocenters. The van der Waals surface area contributed by atoms with E-state index in [-0.39, 0.29) is 11.9 Å². The monoisotopic (exact) mass is 229 g/mol. The van der Waals surface area contributed by atoms with Crippen LogP contribution in [0.4, 0.5) is 0 Å². The molecule has 0 spiro atoms. The molecular formula is C12H27N3O. The summed E-state index contributed by atoms with van der Waals surface area (Å²) in [6.45, 7) is 13.0. The molecule has 2 N–H and O–H groups in total. The number of hydrogen-bond acceptors (Lipinski definition) is 3. The molecule has 0 aliphatic carbocycles. The number of amides is 1. The Labute approximate surface area is 99.8 Å². The second kappa shape index (κ2) is 9.60. The first-order chi connectivity index (χ1) is 7.65. The lowest BCUT2D eigenvalue weighted by Gasteiger charge is -2.20. The van der Waals surface area contributed by atoms with Gasteiger partial charge in [0.15, 0.2) is 0 Å². The highest BCUT2D eigenvalue weighted by molar-refractivity contribution is 5.81. The maximum atomic E-state index is 11.5. The Morgan fingerprint density at radius 1 is 1.19 bits per heavy atom. The van der Waals surface area contributed by atoms with Gasteiger partial charge in [-0.25, -0.2) is 0 Å². The molecule has 0 aromatic rings. The van der Waals surface area contributed by atoms with E-state index in [0.717, 1.165) is 39.1 Å². The van der Waals surface area contributed by atoms with Crippen LogP contribution in [0.15, 0.2) is 0 Å². The van der Waals surface area contributed by atoms with E-state index in [1.165, 1.54) is 0 Å². The lowest BCUT2D eigenvalue weighted by molar-refractivity contribution is -0.122. The number of carbonyl (C=O) groups excluding carboxylic acids is 1. The van der Waals surface area contributed by atoms with Crippen molar-refractivity contribution < 1.29 is 4.79 Å². The van der Waals surface area contributed by atoms with Crippen molar-refractivity contribution in [3.8, 4) is 0 Å². The van der Waals surface area contributed by atoms with Crippen LogP contribution in [0, 0.1) is 0 Å². The first-order valence-corrected chi connectivity index (χ1v) is 6.39. The van der Waals surface area contributed by atoms with Crippen molar-refractivity contribution in [2.75, 3.05) is 32.7 Å². The Kier molecular flexibility index (Phi) is 9.24. The molecule has 4 nitrogen and oxygen atoms in total. The molecule has 1 amide bonds. The van der Waals surface area contributed by atoms with Gasteiger partial charge in [-0.05, 0) is 26.4 Å². The molecule has 0 aromatic heterocycles. The molecule has 96 valence electrons. The molecule has 0 fully saturated rings. The molecule has 0 bridgehead atoms. The minimum absolute atomic E-state index is 0.0953. The zero-order valence-corrected chi connectivity index (χ0v) is 11.2. The summed E-state index contributed by atoms with van der Waals surface area (Å²) in [5.74, 6) is 0.0985. The average Bonchev–Trinajstić information content (AvgIpc) is 2.31. The van der Waals surface area contributed by atoms with Gasteiger partial charge in [-0.3, -0.25) is 4.79 Å². The Morgan fingerprint density at radius 2 is 1.81 bits per heavy atom. The van der Waals surface area contributed by atoms with Gasteiger partial charge in [0.1, 0.15) is 0 Å². The van der Waals surface area contributed by atoms with Gasteiger partial charge in [-0.15, -0.1) is 0 Å². The van der Waals surface area contributed by atoms with E-state index >= 15 is 0 Å². The molecule has 0 saturated carbocycles. The van der Waals surface area contributed by atoms with Crippen LogP contribution in [0.25, 0.3) is 0 Å². The third-order valence-corrected chi connectivity index (χ3v) is 2.72. The molecular weight excluding hydrogens is 202 g/mol. The number of carbonyl (C=O) groups is 1. The number of rotatable bonds is 9. The number of nitrogens with zero attached hydrogens (tertiary/aromatic N) is 1. The van der Waals surface area contributed by atoms with Crippen molar-refractivity contribution in [1.29, 1.82) is 0 Å². The SMILES string of the molecule is CCCNC(=O)C(C)NCCN(CC)CC. The Hall–Kier alpha value is -0.610. The highest BCUT2D eigenvalue weighted by Gasteiger charge is 2.10. The summed E-state index contributed by atoms with van der Waals surface area (Å²) in [4.78, 5) is 13.9. The van der Waals surface area contributed by atoms with E-state index in [1.54, 1.807) is 0 Å². The predicted molar refractivity (Wildman–Crippen MR) is 68.6 cm³/mol. The molecule has 0 aliphatic heterocycles. The van der Waals surface area contributed by atoms with Crippen LogP contribution in [-0.4, -0.2) is 49.6 Å².